The van der Waals surface area contributed by atoms with Crippen LogP contribution in [0.4, 0.5) is 5.13 Å². The zero-order valence-electron chi connectivity index (χ0n) is 17.0. The van der Waals surface area contributed by atoms with Crippen LogP contribution in [-0.4, -0.2) is 66.0 Å². The lowest BCUT2D eigenvalue weighted by molar-refractivity contribution is -0.131. The van der Waals surface area contributed by atoms with Crippen molar-refractivity contribution in [3.8, 4) is 11.5 Å². The molecule has 0 bridgehead atoms. The Labute approximate surface area is 183 Å². The summed E-state index contributed by atoms with van der Waals surface area (Å²) in [6.07, 6.45) is 2.16. The van der Waals surface area contributed by atoms with E-state index >= 15 is 0 Å². The number of Topliss-reactive ketones (excluding diaryl/α,β-unsaturated/α-hetero) is 1. The number of rotatable bonds is 5. The van der Waals surface area contributed by atoms with Gasteiger partial charge < -0.3 is 19.3 Å². The second-order valence-corrected chi connectivity index (χ2v) is 8.43. The molecule has 8 nitrogen and oxygen atoms in total. The van der Waals surface area contributed by atoms with E-state index in [1.807, 2.05) is 17.0 Å². The van der Waals surface area contributed by atoms with Crippen LogP contribution in [0.15, 0.2) is 36.5 Å². The first-order chi connectivity index (χ1) is 15.2. The van der Waals surface area contributed by atoms with E-state index in [4.69, 9.17) is 9.47 Å². The molecule has 2 aliphatic rings. The smallest absolute Gasteiger partial charge is 0.223 e. The van der Waals surface area contributed by atoms with Crippen molar-refractivity contribution in [2.24, 2.45) is 0 Å². The first-order valence-electron chi connectivity index (χ1n) is 10.3. The summed E-state index contributed by atoms with van der Waals surface area (Å²) >= 11 is 1.57. The van der Waals surface area contributed by atoms with Crippen molar-refractivity contribution in [3.63, 3.8) is 0 Å². The molecule has 0 saturated carbocycles. The van der Waals surface area contributed by atoms with Crippen molar-refractivity contribution in [2.45, 2.75) is 12.8 Å². The van der Waals surface area contributed by atoms with Crippen LogP contribution in [0.25, 0.3) is 10.3 Å². The summed E-state index contributed by atoms with van der Waals surface area (Å²) in [6.45, 7) is 3.69. The number of piperazine rings is 1. The van der Waals surface area contributed by atoms with Crippen LogP contribution in [-0.2, 0) is 4.79 Å². The maximum absolute atomic E-state index is 12.6. The minimum absolute atomic E-state index is 0.0107. The number of benzene rings is 1. The lowest BCUT2D eigenvalue weighted by atomic mass is 10.1. The van der Waals surface area contributed by atoms with Crippen LogP contribution in [0.2, 0.25) is 0 Å². The van der Waals surface area contributed by atoms with Gasteiger partial charge in [-0.25, -0.2) is 9.97 Å². The Morgan fingerprint density at radius 1 is 1.00 bits per heavy atom. The third-order valence-corrected chi connectivity index (χ3v) is 6.53. The van der Waals surface area contributed by atoms with Crippen LogP contribution in [0.3, 0.4) is 0 Å². The minimum atomic E-state index is -0.0639. The molecule has 0 atom stereocenters. The van der Waals surface area contributed by atoms with Crippen molar-refractivity contribution >= 4 is 38.5 Å². The Morgan fingerprint density at radius 3 is 2.61 bits per heavy atom. The first kappa shape index (κ1) is 19.7. The fourth-order valence-corrected chi connectivity index (χ4v) is 4.74. The average Bonchev–Trinajstić information content (AvgIpc) is 3.26. The summed E-state index contributed by atoms with van der Waals surface area (Å²) in [6, 6.07) is 9.02. The monoisotopic (exact) mass is 438 g/mol. The highest BCUT2D eigenvalue weighted by Crippen LogP contribution is 2.31. The average molecular weight is 439 g/mol. The Morgan fingerprint density at radius 2 is 1.81 bits per heavy atom. The van der Waals surface area contributed by atoms with Gasteiger partial charge in [-0.2, -0.15) is 0 Å². The molecular weight excluding hydrogens is 416 g/mol. The van der Waals surface area contributed by atoms with E-state index in [0.717, 1.165) is 28.6 Å². The van der Waals surface area contributed by atoms with Gasteiger partial charge in [0, 0.05) is 50.8 Å². The van der Waals surface area contributed by atoms with Gasteiger partial charge in [-0.1, -0.05) is 11.3 Å². The van der Waals surface area contributed by atoms with Crippen molar-refractivity contribution in [3.05, 3.63) is 42.1 Å². The second-order valence-electron chi connectivity index (χ2n) is 7.47. The van der Waals surface area contributed by atoms with Gasteiger partial charge in [0.1, 0.15) is 23.6 Å². The molecule has 0 N–H and O–H groups in total. The van der Waals surface area contributed by atoms with Gasteiger partial charge in [0.2, 0.25) is 5.91 Å². The normalized spacial score (nSPS) is 15.9. The van der Waals surface area contributed by atoms with Crippen molar-refractivity contribution < 1.29 is 19.1 Å². The molecular formula is C22H22N4O4S. The van der Waals surface area contributed by atoms with Gasteiger partial charge >= 0.3 is 0 Å². The molecule has 3 aromatic rings. The molecule has 0 aliphatic carbocycles. The number of carbonyl (C=O) groups excluding carboxylic acids is 2. The molecule has 1 saturated heterocycles. The number of carbonyl (C=O) groups is 2. The second kappa shape index (κ2) is 8.50. The number of hydrogen-bond acceptors (Lipinski definition) is 8. The van der Waals surface area contributed by atoms with Gasteiger partial charge in [-0.3, -0.25) is 9.59 Å². The quantitative estimate of drug-likeness (QED) is 0.566. The predicted octanol–water partition coefficient (Wildman–Crippen LogP) is 2.77. The number of hydrogen-bond donors (Lipinski definition) is 0. The number of anilines is 1. The third-order valence-electron chi connectivity index (χ3n) is 5.49. The van der Waals surface area contributed by atoms with Crippen LogP contribution in [0, 0.1) is 0 Å². The van der Waals surface area contributed by atoms with Crippen molar-refractivity contribution in [2.75, 3.05) is 44.3 Å². The number of ketones is 1. The molecule has 0 radical (unpaired) electrons. The number of fused-ring (bicyclic) bond motifs is 2. The number of amides is 1. The molecule has 31 heavy (non-hydrogen) atoms. The van der Waals surface area contributed by atoms with Gasteiger partial charge in [-0.05, 0) is 30.3 Å². The molecule has 4 heterocycles. The van der Waals surface area contributed by atoms with E-state index in [1.54, 1.807) is 35.7 Å². The van der Waals surface area contributed by atoms with Gasteiger partial charge in [-0.15, -0.1) is 0 Å². The van der Waals surface area contributed by atoms with E-state index in [-0.39, 0.29) is 24.5 Å². The Hall–Kier alpha value is -3.20. The third kappa shape index (κ3) is 4.18. The summed E-state index contributed by atoms with van der Waals surface area (Å²) in [4.78, 5) is 39.1. The Bertz CT molecular complexity index is 1090. The topological polar surface area (TPSA) is 84.9 Å². The lowest BCUT2D eigenvalue weighted by Crippen LogP contribution is -2.48. The van der Waals surface area contributed by atoms with Gasteiger partial charge in [0.05, 0.1) is 0 Å². The summed E-state index contributed by atoms with van der Waals surface area (Å²) in [5.74, 6) is 1.19. The van der Waals surface area contributed by atoms with Crippen LogP contribution < -0.4 is 14.4 Å². The predicted molar refractivity (Wildman–Crippen MR) is 117 cm³/mol. The largest absolute Gasteiger partial charge is 0.486 e. The Balaban J connectivity index is 1.13. The molecule has 2 aliphatic heterocycles. The maximum atomic E-state index is 12.6. The number of ether oxygens (including phenoxy) is 2. The SMILES string of the molecule is O=C(CCC(=O)N1CCN(c2nc3cccnc3s2)CC1)c1ccc2c(c1)OCCO2. The zero-order valence-corrected chi connectivity index (χ0v) is 17.8. The van der Waals surface area contributed by atoms with Crippen LogP contribution >= 0.6 is 11.3 Å². The molecule has 2 aromatic heterocycles. The summed E-state index contributed by atoms with van der Waals surface area (Å²) in [5.41, 5.74) is 1.45. The molecule has 0 unspecified atom stereocenters. The molecule has 0 spiro atoms. The van der Waals surface area contributed by atoms with E-state index < -0.39 is 0 Å². The standard InChI is InChI=1S/C22H22N4O4S/c27-17(15-3-5-18-19(14-15)30-13-12-29-18)4-6-20(28)25-8-10-26(11-9-25)22-24-16-2-1-7-23-21(16)31-22/h1-3,5,7,14H,4,6,8-13H2. The fraction of sp³-hybridized carbons (Fsp3) is 0.364. The Kier molecular flexibility index (Phi) is 5.42. The van der Waals surface area contributed by atoms with Gasteiger partial charge in [0.25, 0.3) is 0 Å². The number of pyridine rings is 1. The van der Waals surface area contributed by atoms with Crippen molar-refractivity contribution in [1.29, 1.82) is 0 Å². The van der Waals surface area contributed by atoms with E-state index in [0.29, 0.717) is 43.4 Å². The van der Waals surface area contributed by atoms with Crippen LogP contribution in [0.5, 0.6) is 11.5 Å². The highest BCUT2D eigenvalue weighted by Gasteiger charge is 2.24. The lowest BCUT2D eigenvalue weighted by Gasteiger charge is -2.34. The maximum Gasteiger partial charge on any atom is 0.223 e. The highest BCUT2D eigenvalue weighted by atomic mass is 32.1. The molecule has 5 rings (SSSR count). The van der Waals surface area contributed by atoms with Crippen molar-refractivity contribution in [1.82, 2.24) is 14.9 Å². The van der Waals surface area contributed by atoms with E-state index in [1.165, 1.54) is 0 Å². The minimum Gasteiger partial charge on any atom is -0.486 e. The number of aromatic nitrogens is 2. The molecule has 9 heteroatoms. The molecule has 160 valence electrons. The molecule has 1 fully saturated rings. The summed E-state index contributed by atoms with van der Waals surface area (Å²) in [7, 11) is 0. The first-order valence-corrected chi connectivity index (χ1v) is 11.2. The molecule has 1 aromatic carbocycles. The van der Waals surface area contributed by atoms with Crippen LogP contribution in [0.1, 0.15) is 23.2 Å². The van der Waals surface area contributed by atoms with E-state index in [2.05, 4.69) is 14.9 Å². The number of thiazole rings is 1. The van der Waals surface area contributed by atoms with E-state index in [9.17, 15) is 9.59 Å². The van der Waals surface area contributed by atoms with Gasteiger partial charge in [0.15, 0.2) is 22.4 Å². The molecule has 1 amide bonds. The summed E-state index contributed by atoms with van der Waals surface area (Å²) in [5, 5.41) is 0.939. The fourth-order valence-electron chi connectivity index (χ4n) is 3.78. The summed E-state index contributed by atoms with van der Waals surface area (Å²) < 4.78 is 11.0. The highest BCUT2D eigenvalue weighted by molar-refractivity contribution is 7.21. The zero-order chi connectivity index (χ0) is 21.2. The number of nitrogens with zero attached hydrogens (tertiary/aromatic N) is 4.